The summed E-state index contributed by atoms with van der Waals surface area (Å²) in [6.07, 6.45) is 8.47. The molecule has 0 amide bonds. The van der Waals surface area contributed by atoms with Crippen LogP contribution >= 0.6 is 0 Å². The summed E-state index contributed by atoms with van der Waals surface area (Å²) in [6.45, 7) is 2.18. The van der Waals surface area contributed by atoms with Crippen LogP contribution in [0.15, 0.2) is 47.4 Å². The van der Waals surface area contributed by atoms with E-state index in [-0.39, 0.29) is 35.3 Å². The zero-order valence-corrected chi connectivity index (χ0v) is 19.5. The third kappa shape index (κ3) is 7.76. The molecule has 0 atom stereocenters. The summed E-state index contributed by atoms with van der Waals surface area (Å²) in [5.41, 5.74) is 0.502. The number of hydrogen-bond acceptors (Lipinski definition) is 4. The fourth-order valence-corrected chi connectivity index (χ4v) is 3.57. The molecule has 0 bridgehead atoms. The summed E-state index contributed by atoms with van der Waals surface area (Å²) in [6, 6.07) is 11.2. The van der Waals surface area contributed by atoms with Crippen molar-refractivity contribution >= 4 is 10.1 Å². The average molecular weight is 414 g/mol. The summed E-state index contributed by atoms with van der Waals surface area (Å²) in [5.74, 6) is -0.489. The molecule has 0 unspecified atom stereocenters. The fraction of sp³-hybridized carbons (Fsp3) is 0.429. The number of unbranched alkanes of at least 4 members (excludes halogenated alkanes) is 6. The van der Waals surface area contributed by atoms with E-state index < -0.39 is 20.8 Å². The minimum absolute atomic E-state index is 0. The van der Waals surface area contributed by atoms with E-state index in [0.717, 1.165) is 19.3 Å². The maximum Gasteiger partial charge on any atom is 1.00 e. The molecule has 0 saturated carbocycles. The standard InChI is InChI=1S/C21H28O5S.Na/c1-2-3-4-5-6-7-9-12-17-15-16-19(27(23,24)25)21(20(17)22)26-18-13-10-8-11-14-18;/h8,10-11,13-16,22H,2-7,9,12H2,1H3,(H,23,24,25);/q;+1/p-1. The minimum atomic E-state index is -4.56. The first-order chi connectivity index (χ1) is 12.9. The van der Waals surface area contributed by atoms with Gasteiger partial charge in [0.1, 0.15) is 16.4 Å². The van der Waals surface area contributed by atoms with Crippen molar-refractivity contribution < 1.29 is 52.4 Å². The molecule has 148 valence electrons. The predicted molar refractivity (Wildman–Crippen MR) is 104 cm³/mol. The molecule has 2 aromatic carbocycles. The zero-order valence-electron chi connectivity index (χ0n) is 16.7. The van der Waals surface area contributed by atoms with Gasteiger partial charge in [0.2, 0.25) is 0 Å². The number of aryl methyl sites for hydroxylation is 1. The molecule has 0 radical (unpaired) electrons. The molecular formula is C21H27NaO5S. The summed E-state index contributed by atoms with van der Waals surface area (Å²) < 4.78 is 38.2. The van der Waals surface area contributed by atoms with Crippen LogP contribution < -0.4 is 39.4 Å². The molecule has 0 spiro atoms. The van der Waals surface area contributed by atoms with E-state index in [9.17, 15) is 18.1 Å². The molecule has 0 aliphatic heterocycles. The van der Waals surface area contributed by atoms with Gasteiger partial charge in [-0.25, -0.2) is 0 Å². The maximum absolute atomic E-state index is 12.7. The van der Waals surface area contributed by atoms with Gasteiger partial charge < -0.3 is 9.84 Å². The monoisotopic (exact) mass is 414 g/mol. The van der Waals surface area contributed by atoms with Crippen molar-refractivity contribution in [3.8, 4) is 17.2 Å². The molecule has 0 aliphatic carbocycles. The van der Waals surface area contributed by atoms with Crippen LogP contribution in [0.3, 0.4) is 0 Å². The van der Waals surface area contributed by atoms with Crippen molar-refractivity contribution in [1.82, 2.24) is 0 Å². The van der Waals surface area contributed by atoms with Gasteiger partial charge in [-0.15, -0.1) is 0 Å². The smallest absolute Gasteiger partial charge is 0.870 e. The molecule has 7 heteroatoms. The Morgan fingerprint density at radius 2 is 1.54 bits per heavy atom. The summed E-state index contributed by atoms with van der Waals surface area (Å²) >= 11 is 0. The van der Waals surface area contributed by atoms with Crippen molar-refractivity contribution in [2.24, 2.45) is 0 Å². The van der Waals surface area contributed by atoms with Crippen LogP contribution in [0.25, 0.3) is 0 Å². The number of benzene rings is 2. The van der Waals surface area contributed by atoms with Crippen LogP contribution in [0.5, 0.6) is 17.2 Å². The van der Waals surface area contributed by atoms with Gasteiger partial charge in [-0.1, -0.05) is 81.0 Å². The van der Waals surface area contributed by atoms with Crippen LogP contribution in [0.2, 0.25) is 0 Å². The van der Waals surface area contributed by atoms with Crippen molar-refractivity contribution in [3.05, 3.63) is 48.0 Å². The van der Waals surface area contributed by atoms with E-state index in [1.807, 2.05) is 0 Å². The molecule has 5 nitrogen and oxygen atoms in total. The SMILES string of the molecule is CCCCCCCCCc1ccc(S(=O)(=O)O)c(Oc2ccccc2)c1[O-].[Na+]. The average Bonchev–Trinajstić information content (AvgIpc) is 2.63. The summed E-state index contributed by atoms with van der Waals surface area (Å²) in [7, 11) is -4.56. The van der Waals surface area contributed by atoms with Gasteiger partial charge in [0.05, 0.1) is 0 Å². The second kappa shape index (κ2) is 12.5. The molecule has 2 rings (SSSR count). The Bertz CT molecular complexity index is 822. The number of para-hydroxylation sites is 1. The van der Waals surface area contributed by atoms with Crippen molar-refractivity contribution in [3.63, 3.8) is 0 Å². The van der Waals surface area contributed by atoms with E-state index in [1.54, 1.807) is 30.3 Å². The maximum atomic E-state index is 12.7. The molecule has 1 N–H and O–H groups in total. The Hall–Kier alpha value is -1.05. The van der Waals surface area contributed by atoms with Gasteiger partial charge in [-0.3, -0.25) is 4.55 Å². The first kappa shape index (κ1) is 25.0. The molecule has 0 aliphatic rings. The Morgan fingerprint density at radius 3 is 2.14 bits per heavy atom. The Morgan fingerprint density at radius 1 is 0.929 bits per heavy atom. The predicted octanol–water partition coefficient (Wildman–Crippen LogP) is 2.10. The first-order valence-electron chi connectivity index (χ1n) is 9.46. The van der Waals surface area contributed by atoms with Gasteiger partial charge in [0, 0.05) is 0 Å². The third-order valence-corrected chi connectivity index (χ3v) is 5.33. The van der Waals surface area contributed by atoms with Gasteiger partial charge in [0.15, 0.2) is 0 Å². The molecule has 0 heterocycles. The summed E-state index contributed by atoms with van der Waals surface area (Å²) in [5, 5.41) is 12.7. The normalized spacial score (nSPS) is 11.1. The van der Waals surface area contributed by atoms with Crippen molar-refractivity contribution in [2.45, 2.75) is 63.2 Å². The van der Waals surface area contributed by atoms with Crippen LogP contribution in [0, 0.1) is 0 Å². The van der Waals surface area contributed by atoms with Crippen LogP contribution in [0.1, 0.15) is 57.4 Å². The molecule has 28 heavy (non-hydrogen) atoms. The minimum Gasteiger partial charge on any atom is -0.870 e. The second-order valence-electron chi connectivity index (χ2n) is 6.64. The van der Waals surface area contributed by atoms with Crippen LogP contribution in [0.4, 0.5) is 0 Å². The number of ether oxygens (including phenoxy) is 1. The number of hydrogen-bond donors (Lipinski definition) is 1. The van der Waals surface area contributed by atoms with E-state index in [1.165, 1.54) is 37.8 Å². The quantitative estimate of drug-likeness (QED) is 0.346. The molecule has 0 fully saturated rings. The molecular weight excluding hydrogens is 387 g/mol. The third-order valence-electron chi connectivity index (χ3n) is 4.45. The fourth-order valence-electron chi connectivity index (χ4n) is 2.96. The van der Waals surface area contributed by atoms with E-state index in [2.05, 4.69) is 6.92 Å². The van der Waals surface area contributed by atoms with E-state index in [4.69, 9.17) is 4.74 Å². The molecule has 2 aromatic rings. The van der Waals surface area contributed by atoms with Crippen molar-refractivity contribution in [2.75, 3.05) is 0 Å². The van der Waals surface area contributed by atoms with Gasteiger partial charge in [0.25, 0.3) is 10.1 Å². The van der Waals surface area contributed by atoms with Crippen LogP contribution in [-0.4, -0.2) is 13.0 Å². The topological polar surface area (TPSA) is 86.7 Å². The Balaban J connectivity index is 0.00000392. The Kier molecular flexibility index (Phi) is 11.2. The number of rotatable bonds is 11. The zero-order chi connectivity index (χ0) is 19.7. The molecule has 0 aromatic heterocycles. The largest absolute Gasteiger partial charge is 1.00 e. The van der Waals surface area contributed by atoms with E-state index in [0.29, 0.717) is 17.7 Å². The van der Waals surface area contributed by atoms with Gasteiger partial charge in [-0.2, -0.15) is 8.42 Å². The second-order valence-corrected chi connectivity index (χ2v) is 8.03. The van der Waals surface area contributed by atoms with Crippen LogP contribution in [-0.2, 0) is 16.5 Å². The molecule has 0 saturated heterocycles. The van der Waals surface area contributed by atoms with Gasteiger partial charge in [-0.05, 0) is 31.0 Å². The Labute approximate surface area is 190 Å². The van der Waals surface area contributed by atoms with E-state index >= 15 is 0 Å². The summed E-state index contributed by atoms with van der Waals surface area (Å²) in [4.78, 5) is -0.500. The van der Waals surface area contributed by atoms with Crippen molar-refractivity contribution in [1.29, 1.82) is 0 Å². The first-order valence-corrected chi connectivity index (χ1v) is 10.9. The van der Waals surface area contributed by atoms with Gasteiger partial charge >= 0.3 is 29.6 Å².